The van der Waals surface area contributed by atoms with Crippen LogP contribution in [0.1, 0.15) is 23.6 Å². The standard InChI is InChI=1S/C11H12BrNO2/c1-13(11(14)15)10-5-2-7-6-8(12)3-4-9(7)10/h3-4,6,10H,2,5H2,1H3,(H,14,15). The lowest BCUT2D eigenvalue weighted by Gasteiger charge is -2.22. The third kappa shape index (κ3) is 1.86. The number of aryl methyl sites for hydroxylation is 1. The van der Waals surface area contributed by atoms with Crippen LogP contribution in [0, 0.1) is 0 Å². The van der Waals surface area contributed by atoms with E-state index < -0.39 is 6.09 Å². The average Bonchev–Trinajstić information content (AvgIpc) is 2.59. The second-order valence-corrected chi connectivity index (χ2v) is 4.71. The monoisotopic (exact) mass is 269 g/mol. The molecule has 1 aromatic rings. The van der Waals surface area contributed by atoms with E-state index in [2.05, 4.69) is 22.0 Å². The molecular weight excluding hydrogens is 258 g/mol. The Balaban J connectivity index is 2.32. The Kier molecular flexibility index (Phi) is 2.69. The van der Waals surface area contributed by atoms with Crippen LogP contribution >= 0.6 is 15.9 Å². The minimum atomic E-state index is -0.865. The number of carboxylic acid groups (broad SMARTS) is 1. The molecule has 0 radical (unpaired) electrons. The third-order valence-corrected chi connectivity index (χ3v) is 3.41. The van der Waals surface area contributed by atoms with Gasteiger partial charge in [0, 0.05) is 11.5 Å². The van der Waals surface area contributed by atoms with Gasteiger partial charge in [-0.1, -0.05) is 22.0 Å². The first kappa shape index (κ1) is 10.5. The molecule has 0 aliphatic heterocycles. The number of fused-ring (bicyclic) bond motifs is 1. The summed E-state index contributed by atoms with van der Waals surface area (Å²) in [4.78, 5) is 12.3. The number of nitrogens with zero attached hydrogens (tertiary/aromatic N) is 1. The molecule has 1 aliphatic rings. The van der Waals surface area contributed by atoms with Crippen LogP contribution in [0.15, 0.2) is 22.7 Å². The van der Waals surface area contributed by atoms with E-state index in [9.17, 15) is 4.79 Å². The minimum absolute atomic E-state index is 0.0191. The number of benzene rings is 1. The Morgan fingerprint density at radius 1 is 1.60 bits per heavy atom. The van der Waals surface area contributed by atoms with Gasteiger partial charge in [0.05, 0.1) is 6.04 Å². The van der Waals surface area contributed by atoms with Crippen molar-refractivity contribution < 1.29 is 9.90 Å². The number of carbonyl (C=O) groups is 1. The summed E-state index contributed by atoms with van der Waals surface area (Å²) in [7, 11) is 1.63. The largest absolute Gasteiger partial charge is 0.465 e. The third-order valence-electron chi connectivity index (χ3n) is 2.92. The van der Waals surface area contributed by atoms with E-state index in [1.807, 2.05) is 12.1 Å². The van der Waals surface area contributed by atoms with Gasteiger partial charge in [-0.05, 0) is 36.1 Å². The molecule has 0 saturated carbocycles. The van der Waals surface area contributed by atoms with Crippen molar-refractivity contribution in [1.29, 1.82) is 0 Å². The molecular formula is C11H12BrNO2. The molecule has 1 aromatic carbocycles. The van der Waals surface area contributed by atoms with Gasteiger partial charge in [-0.15, -0.1) is 0 Å². The molecule has 1 atom stereocenters. The van der Waals surface area contributed by atoms with Gasteiger partial charge in [0.1, 0.15) is 0 Å². The molecule has 0 heterocycles. The van der Waals surface area contributed by atoms with Gasteiger partial charge in [0.2, 0.25) is 0 Å². The van der Waals surface area contributed by atoms with Gasteiger partial charge in [0.25, 0.3) is 0 Å². The molecule has 0 spiro atoms. The van der Waals surface area contributed by atoms with Gasteiger partial charge in [-0.3, -0.25) is 0 Å². The summed E-state index contributed by atoms with van der Waals surface area (Å²) < 4.78 is 1.06. The molecule has 0 aromatic heterocycles. The van der Waals surface area contributed by atoms with E-state index in [0.29, 0.717) is 0 Å². The topological polar surface area (TPSA) is 40.5 Å². The first-order valence-electron chi connectivity index (χ1n) is 4.83. The van der Waals surface area contributed by atoms with Crippen LogP contribution in [-0.4, -0.2) is 23.1 Å². The van der Waals surface area contributed by atoms with Crippen molar-refractivity contribution in [2.24, 2.45) is 0 Å². The van der Waals surface area contributed by atoms with Crippen LogP contribution in [0.25, 0.3) is 0 Å². The fraction of sp³-hybridized carbons (Fsp3) is 0.364. The molecule has 0 bridgehead atoms. The lowest BCUT2D eigenvalue weighted by atomic mass is 10.1. The van der Waals surface area contributed by atoms with Crippen LogP contribution < -0.4 is 0 Å². The number of halogens is 1. The fourth-order valence-corrected chi connectivity index (χ4v) is 2.51. The van der Waals surface area contributed by atoms with Crippen LogP contribution in [0.5, 0.6) is 0 Å². The highest BCUT2D eigenvalue weighted by Crippen LogP contribution is 2.36. The normalized spacial score (nSPS) is 18.7. The van der Waals surface area contributed by atoms with Gasteiger partial charge in [0.15, 0.2) is 0 Å². The average molecular weight is 270 g/mol. The van der Waals surface area contributed by atoms with Gasteiger partial charge >= 0.3 is 6.09 Å². The molecule has 0 saturated heterocycles. The highest BCUT2D eigenvalue weighted by atomic mass is 79.9. The SMILES string of the molecule is CN(C(=O)O)C1CCc2cc(Br)ccc21. The van der Waals surface area contributed by atoms with Crippen LogP contribution in [0.3, 0.4) is 0 Å². The molecule has 3 nitrogen and oxygen atoms in total. The highest BCUT2D eigenvalue weighted by molar-refractivity contribution is 9.10. The van der Waals surface area contributed by atoms with Crippen LogP contribution in [0.4, 0.5) is 4.79 Å². The Labute approximate surface area is 96.8 Å². The van der Waals surface area contributed by atoms with E-state index >= 15 is 0 Å². The van der Waals surface area contributed by atoms with E-state index in [4.69, 9.17) is 5.11 Å². The summed E-state index contributed by atoms with van der Waals surface area (Å²) in [5.74, 6) is 0. The van der Waals surface area contributed by atoms with Crippen molar-refractivity contribution in [3.8, 4) is 0 Å². The second-order valence-electron chi connectivity index (χ2n) is 3.79. The minimum Gasteiger partial charge on any atom is -0.465 e. The zero-order chi connectivity index (χ0) is 11.0. The van der Waals surface area contributed by atoms with Crippen LogP contribution in [-0.2, 0) is 6.42 Å². The molecule has 0 fully saturated rings. The quantitative estimate of drug-likeness (QED) is 0.852. The Morgan fingerprint density at radius 2 is 2.33 bits per heavy atom. The Bertz CT molecular complexity index is 406. The van der Waals surface area contributed by atoms with Crippen molar-refractivity contribution in [2.75, 3.05) is 7.05 Å². The summed E-state index contributed by atoms with van der Waals surface area (Å²) in [5.41, 5.74) is 2.39. The number of hydrogen-bond donors (Lipinski definition) is 1. The fourth-order valence-electron chi connectivity index (χ4n) is 2.10. The van der Waals surface area contributed by atoms with Gasteiger partial charge in [-0.25, -0.2) is 4.79 Å². The molecule has 1 N–H and O–H groups in total. The molecule has 1 aliphatic carbocycles. The number of amides is 1. The molecule has 1 amide bonds. The number of rotatable bonds is 1. The molecule has 80 valence electrons. The van der Waals surface area contributed by atoms with E-state index in [0.717, 1.165) is 22.9 Å². The lowest BCUT2D eigenvalue weighted by Crippen LogP contribution is -2.28. The molecule has 4 heteroatoms. The van der Waals surface area contributed by atoms with Gasteiger partial charge in [-0.2, -0.15) is 0 Å². The highest BCUT2D eigenvalue weighted by Gasteiger charge is 2.28. The maximum atomic E-state index is 10.9. The zero-order valence-electron chi connectivity index (χ0n) is 8.40. The first-order valence-corrected chi connectivity index (χ1v) is 5.63. The van der Waals surface area contributed by atoms with Crippen LogP contribution in [0.2, 0.25) is 0 Å². The zero-order valence-corrected chi connectivity index (χ0v) is 9.99. The van der Waals surface area contributed by atoms with E-state index in [1.54, 1.807) is 7.05 Å². The van der Waals surface area contributed by atoms with E-state index in [-0.39, 0.29) is 6.04 Å². The first-order chi connectivity index (χ1) is 7.09. The molecule has 15 heavy (non-hydrogen) atoms. The molecule has 2 rings (SSSR count). The maximum Gasteiger partial charge on any atom is 0.407 e. The summed E-state index contributed by atoms with van der Waals surface area (Å²) in [6, 6.07) is 6.07. The Hall–Kier alpha value is -1.03. The van der Waals surface area contributed by atoms with Crippen molar-refractivity contribution in [2.45, 2.75) is 18.9 Å². The van der Waals surface area contributed by atoms with Crippen molar-refractivity contribution in [1.82, 2.24) is 4.90 Å². The lowest BCUT2D eigenvalue weighted by molar-refractivity contribution is 0.138. The number of hydrogen-bond acceptors (Lipinski definition) is 1. The predicted octanol–water partition coefficient (Wildman–Crippen LogP) is 3.05. The molecule has 1 unspecified atom stereocenters. The summed E-state index contributed by atoms with van der Waals surface area (Å²) in [6.45, 7) is 0. The summed E-state index contributed by atoms with van der Waals surface area (Å²) in [6.07, 6.45) is 0.974. The predicted molar refractivity (Wildman–Crippen MR) is 61.0 cm³/mol. The smallest absolute Gasteiger partial charge is 0.407 e. The van der Waals surface area contributed by atoms with Crippen molar-refractivity contribution in [3.05, 3.63) is 33.8 Å². The maximum absolute atomic E-state index is 10.9. The summed E-state index contributed by atoms with van der Waals surface area (Å²) in [5, 5.41) is 8.94. The van der Waals surface area contributed by atoms with Crippen molar-refractivity contribution in [3.63, 3.8) is 0 Å². The Morgan fingerprint density at radius 3 is 3.00 bits per heavy atom. The van der Waals surface area contributed by atoms with Gasteiger partial charge < -0.3 is 10.0 Å². The van der Waals surface area contributed by atoms with E-state index in [1.165, 1.54) is 10.5 Å². The summed E-state index contributed by atoms with van der Waals surface area (Å²) >= 11 is 3.42. The van der Waals surface area contributed by atoms with Crippen molar-refractivity contribution >= 4 is 22.0 Å². The second kappa shape index (κ2) is 3.85.